The van der Waals surface area contributed by atoms with Gasteiger partial charge in [0.25, 0.3) is 10.1 Å². The van der Waals surface area contributed by atoms with E-state index < -0.39 is 133 Å². The minimum absolute atomic E-state index is 0.0603. The summed E-state index contributed by atoms with van der Waals surface area (Å²) in [6.45, 7) is 35.5. The van der Waals surface area contributed by atoms with Crippen LogP contribution < -0.4 is 0 Å². The Labute approximate surface area is 457 Å². The van der Waals surface area contributed by atoms with Crippen LogP contribution in [0.2, 0.25) is 58.9 Å². The summed E-state index contributed by atoms with van der Waals surface area (Å²) in [6, 6.07) is -0.620. The van der Waals surface area contributed by atoms with Gasteiger partial charge in [-0.25, -0.2) is 0 Å². The van der Waals surface area contributed by atoms with Crippen molar-refractivity contribution in [1.82, 2.24) is 4.90 Å². The second kappa shape index (κ2) is 30.3. The number of rotatable bonds is 23. The minimum Gasteiger partial charge on any atom is -0.462 e. The van der Waals surface area contributed by atoms with Gasteiger partial charge in [0.1, 0.15) is 36.3 Å². The molecule has 0 bridgehead atoms. The zero-order valence-corrected chi connectivity index (χ0v) is 54.2. The van der Waals surface area contributed by atoms with Gasteiger partial charge in [-0.05, 0) is 138 Å². The van der Waals surface area contributed by atoms with Gasteiger partial charge in [-0.3, -0.25) is 13.8 Å². The summed E-state index contributed by atoms with van der Waals surface area (Å²) >= 11 is 0. The number of Topliss-reactive ketones (excluding diaryl/α,β-unsaturated/α-hetero) is 1. The van der Waals surface area contributed by atoms with Crippen LogP contribution in [-0.2, 0) is 79.8 Å². The Morgan fingerprint density at radius 2 is 1.24 bits per heavy atom. The summed E-state index contributed by atoms with van der Waals surface area (Å²) in [7, 11) is -3.78. The molecule has 0 aromatic heterocycles. The molecule has 3 rings (SSSR count). The topological polar surface area (TPSA) is 192 Å². The molecule has 3 aliphatic rings. The van der Waals surface area contributed by atoms with Gasteiger partial charge in [0.05, 0.1) is 55.8 Å². The molecule has 0 radical (unpaired) electrons. The van der Waals surface area contributed by atoms with E-state index in [1.807, 2.05) is 60.5 Å². The molecule has 3 heterocycles. The maximum atomic E-state index is 14.8. The van der Waals surface area contributed by atoms with Gasteiger partial charge >= 0.3 is 5.97 Å². The zero-order valence-electron chi connectivity index (χ0n) is 50.3. The third-order valence-electron chi connectivity index (χ3n) is 14.3. The number of ether oxygens (including phenoxy) is 9. The number of nitrogens with zero attached hydrogens (tertiary/aromatic N) is 1. The van der Waals surface area contributed by atoms with E-state index in [2.05, 4.69) is 65.8 Å². The lowest BCUT2D eigenvalue weighted by molar-refractivity contribution is -0.302. The molecule has 22 heteroatoms. The van der Waals surface area contributed by atoms with Crippen LogP contribution >= 0.6 is 0 Å². The third kappa shape index (κ3) is 22.2. The van der Waals surface area contributed by atoms with Crippen LogP contribution in [0.15, 0.2) is 0 Å². The maximum Gasteiger partial charge on any atom is 0.308 e. The third-order valence-corrected chi connectivity index (χ3v) is 17.8. The normalized spacial score (nSPS) is 36.0. The van der Waals surface area contributed by atoms with Crippen LogP contribution in [0.5, 0.6) is 0 Å². The second-order valence-electron chi connectivity index (χ2n) is 24.7. The first-order valence-corrected chi connectivity index (χ1v) is 39.9. The van der Waals surface area contributed by atoms with Crippen LogP contribution in [0.1, 0.15) is 100 Å². The molecule has 0 aromatic carbocycles. The average Bonchev–Trinajstić information content (AvgIpc) is 3.27. The fourth-order valence-corrected chi connectivity index (χ4v) is 15.1. The number of likely N-dealkylation sites (N-methyl/N-ethyl adjacent to an activating group) is 1. The van der Waals surface area contributed by atoms with E-state index in [1.165, 1.54) is 0 Å². The van der Waals surface area contributed by atoms with E-state index >= 15 is 0 Å². The number of carbonyl (C=O) groups excluding carboxylic acids is 2. The van der Waals surface area contributed by atoms with Crippen LogP contribution in [0, 0.1) is 29.6 Å². The molecule has 3 saturated heterocycles. The first-order chi connectivity index (χ1) is 34.7. The molecule has 18 atom stereocenters. The molecule has 0 N–H and O–H groups in total. The van der Waals surface area contributed by atoms with E-state index in [-0.39, 0.29) is 42.9 Å². The highest BCUT2D eigenvalue weighted by atomic mass is 32.2. The highest BCUT2D eigenvalue weighted by Crippen LogP contribution is 2.40. The molecule has 18 nitrogen and oxygen atoms in total. The monoisotopic (exact) mass is 1140 g/mol. The van der Waals surface area contributed by atoms with Crippen LogP contribution in [0.25, 0.3) is 0 Å². The highest BCUT2D eigenvalue weighted by molar-refractivity contribution is 7.86. The Morgan fingerprint density at radius 3 is 1.75 bits per heavy atom. The first kappa shape index (κ1) is 68.5. The van der Waals surface area contributed by atoms with Crippen molar-refractivity contribution in [2.24, 2.45) is 29.6 Å². The predicted octanol–water partition coefficient (Wildman–Crippen LogP) is 8.63. The molecule has 0 aromatic rings. The van der Waals surface area contributed by atoms with E-state index in [1.54, 1.807) is 21.1 Å². The van der Waals surface area contributed by atoms with Crippen molar-refractivity contribution in [3.05, 3.63) is 0 Å². The number of esters is 1. The summed E-state index contributed by atoms with van der Waals surface area (Å²) in [6.07, 6.45) is -4.91. The van der Waals surface area contributed by atoms with Crippen molar-refractivity contribution < 1.29 is 78.1 Å². The molecule has 0 aliphatic carbocycles. The first-order valence-electron chi connectivity index (χ1n) is 27.8. The van der Waals surface area contributed by atoms with E-state index in [0.717, 1.165) is 6.26 Å². The summed E-state index contributed by atoms with van der Waals surface area (Å²) in [5.41, 5.74) is 0. The number of hydrogen-bond acceptors (Lipinski definition) is 18. The Bertz CT molecular complexity index is 1810. The van der Waals surface area contributed by atoms with Crippen molar-refractivity contribution in [2.45, 2.75) is 245 Å². The molecule has 3 fully saturated rings. The molecular formula is C53H105NO17SSi3. The average molecular weight is 1140 g/mol. The molecule has 1 unspecified atom stereocenters. The summed E-state index contributed by atoms with van der Waals surface area (Å²) < 4.78 is 110. The zero-order chi connectivity index (χ0) is 57.0. The Kier molecular flexibility index (Phi) is 27.7. The standard InChI is InChI=1S/C53H105NO17SSi3/c1-23-41-39(32-63-52-51(60-12)50(59-11)48(37(8)64-52)70-74(17,18)19)28-33(4)26-27-40(55)34(5)29-38(30-44(61-24-2)62-25-3)46(35(6)42(31-43(56)66-41)69-73(14,15)16)67-53-49(71-75(20,21)22)45(54(9)10)47(36(7)65-53)68-72(13,57)58/h33-39,41-42,44-53H,23-32H2,1-22H3/t33?,34-,35-,36-,37-,38-,39-,41-,42-,45+,46-,47-,48-,49-,50-,51-,52-,53+/m1/s1. The van der Waals surface area contributed by atoms with Crippen molar-refractivity contribution in [3.8, 4) is 0 Å². The van der Waals surface area contributed by atoms with Crippen LogP contribution in [0.4, 0.5) is 0 Å². The van der Waals surface area contributed by atoms with Gasteiger partial charge in [-0.1, -0.05) is 27.7 Å². The smallest absolute Gasteiger partial charge is 0.308 e. The Hall–Kier alpha value is -0.779. The number of hydrogen-bond donors (Lipinski definition) is 0. The molecular weight excluding hydrogens is 1040 g/mol. The lowest BCUT2D eigenvalue weighted by Crippen LogP contribution is -2.66. The fourth-order valence-electron chi connectivity index (χ4n) is 11.0. The molecule has 0 saturated carbocycles. The number of carbonyl (C=O) groups is 2. The molecule has 0 amide bonds. The molecule has 75 heavy (non-hydrogen) atoms. The summed E-state index contributed by atoms with van der Waals surface area (Å²) in [5.74, 6) is -1.81. The van der Waals surface area contributed by atoms with Crippen molar-refractivity contribution in [2.75, 3.05) is 54.4 Å². The summed E-state index contributed by atoms with van der Waals surface area (Å²) in [4.78, 5) is 31.3. The predicted molar refractivity (Wildman–Crippen MR) is 297 cm³/mol. The number of methoxy groups -OCH3 is 2. The second-order valence-corrected chi connectivity index (χ2v) is 39.7. The number of ketones is 1. The highest BCUT2D eigenvalue weighted by Gasteiger charge is 2.53. The Balaban J connectivity index is 2.22. The van der Waals surface area contributed by atoms with Crippen LogP contribution in [-0.4, -0.2) is 190 Å². The number of cyclic esters (lactones) is 1. The SMILES string of the molecule is CCOC(C[C@H]1C[C@@H](C)C(=O)CCC(C)C[C@H](CO[C@@H]2O[C@H](C)[C@@H](O[Si](C)(C)C)[C@@H](OC)[C@H]2OC)[C@@H](CC)OC(=O)C[C@@H](O[Si](C)(C)C)[C@@H](C)[C@H]1O[C@@H]1O[C@H](C)[C@@H](OS(C)(=O)=O)[C@H](N(C)C)[C@H]1O[Si](C)(C)C)OCC. The van der Waals surface area contributed by atoms with Crippen molar-refractivity contribution >= 4 is 46.8 Å². The van der Waals surface area contributed by atoms with Gasteiger partial charge in [-0.2, -0.15) is 8.42 Å². The van der Waals surface area contributed by atoms with Gasteiger partial charge in [0.15, 0.2) is 43.8 Å². The molecule has 0 spiro atoms. The quantitative estimate of drug-likeness (QED) is 0.0408. The van der Waals surface area contributed by atoms with Crippen molar-refractivity contribution in [3.63, 3.8) is 0 Å². The lowest BCUT2D eigenvalue weighted by Gasteiger charge is -2.50. The van der Waals surface area contributed by atoms with Gasteiger partial charge in [0, 0.05) is 58.0 Å². The lowest BCUT2D eigenvalue weighted by atomic mass is 9.78. The largest absolute Gasteiger partial charge is 0.462 e. The van der Waals surface area contributed by atoms with Gasteiger partial charge < -0.3 is 60.8 Å². The fraction of sp³-hybridized carbons (Fsp3) is 0.962. The van der Waals surface area contributed by atoms with Crippen LogP contribution in [0.3, 0.4) is 0 Å². The van der Waals surface area contributed by atoms with E-state index in [9.17, 15) is 18.0 Å². The minimum atomic E-state index is -3.92. The van der Waals surface area contributed by atoms with E-state index in [0.29, 0.717) is 51.7 Å². The van der Waals surface area contributed by atoms with Gasteiger partial charge in [0.2, 0.25) is 0 Å². The summed E-state index contributed by atoms with van der Waals surface area (Å²) in [5, 5.41) is 0. The molecule has 3 aliphatic heterocycles. The van der Waals surface area contributed by atoms with Crippen molar-refractivity contribution in [1.29, 1.82) is 0 Å². The maximum absolute atomic E-state index is 14.8. The van der Waals surface area contributed by atoms with Gasteiger partial charge in [-0.15, -0.1) is 0 Å². The van der Waals surface area contributed by atoms with E-state index in [4.69, 9.17) is 60.1 Å². The Morgan fingerprint density at radius 1 is 0.693 bits per heavy atom. The molecule has 442 valence electrons.